The molecule has 3 aliphatic heterocycles. The molecule has 4 heterocycles. The average Bonchev–Trinajstić information content (AvgIpc) is 3.12. The number of benzene rings is 1. The number of aryl methyl sites for hydroxylation is 1. The summed E-state index contributed by atoms with van der Waals surface area (Å²) in [6.07, 6.45) is 4.53. The molecule has 3 saturated heterocycles. The molecule has 7 nitrogen and oxygen atoms in total. The summed E-state index contributed by atoms with van der Waals surface area (Å²) in [6.45, 7) is 8.21. The third-order valence-corrected chi connectivity index (χ3v) is 7.98. The van der Waals surface area contributed by atoms with Gasteiger partial charge in [0.2, 0.25) is 11.8 Å². The van der Waals surface area contributed by atoms with E-state index in [1.54, 1.807) is 0 Å². The number of hydrogen-bond acceptors (Lipinski definition) is 5. The average molecular weight is 438 g/mol. The van der Waals surface area contributed by atoms with Gasteiger partial charge in [-0.15, -0.1) is 0 Å². The third kappa shape index (κ3) is 4.08. The molecule has 172 valence electrons. The first-order valence-corrected chi connectivity index (χ1v) is 12.2. The van der Waals surface area contributed by atoms with Crippen LogP contribution in [-0.2, 0) is 16.6 Å². The molecule has 32 heavy (non-hydrogen) atoms. The highest BCUT2D eigenvalue weighted by molar-refractivity contribution is 6.02. The van der Waals surface area contributed by atoms with Crippen LogP contribution in [0, 0.1) is 11.8 Å². The van der Waals surface area contributed by atoms with Crippen molar-refractivity contribution in [1.29, 1.82) is 0 Å². The zero-order valence-electron chi connectivity index (χ0n) is 19.3. The second-order valence-electron chi connectivity index (χ2n) is 10.1. The Morgan fingerprint density at radius 3 is 2.69 bits per heavy atom. The molecule has 1 aromatic heterocycles. The number of rotatable bonds is 4. The lowest BCUT2D eigenvalue weighted by atomic mass is 9.84. The van der Waals surface area contributed by atoms with Crippen molar-refractivity contribution in [1.82, 2.24) is 25.3 Å². The van der Waals surface area contributed by atoms with Crippen LogP contribution in [-0.4, -0.2) is 59.2 Å². The Morgan fingerprint density at radius 1 is 1.12 bits per heavy atom. The SMILES string of the molecule is C[C@H]1CNCC[C@H]1CN1CCC(c2cccc3c(C4CCC(=O)NC4=O)nn(C)c23)CC1. The highest BCUT2D eigenvalue weighted by atomic mass is 16.2. The Labute approximate surface area is 189 Å². The maximum atomic E-state index is 12.5. The fourth-order valence-corrected chi connectivity index (χ4v) is 6.03. The topological polar surface area (TPSA) is 79.3 Å². The van der Waals surface area contributed by atoms with Crippen LogP contribution in [0.2, 0.25) is 0 Å². The number of carbonyl (C=O) groups is 2. The number of hydrogen-bond donors (Lipinski definition) is 2. The molecule has 2 N–H and O–H groups in total. The van der Waals surface area contributed by atoms with E-state index in [4.69, 9.17) is 5.10 Å². The van der Waals surface area contributed by atoms with Crippen molar-refractivity contribution in [2.75, 3.05) is 32.7 Å². The normalized spacial score (nSPS) is 28.2. The van der Waals surface area contributed by atoms with Gasteiger partial charge in [0.1, 0.15) is 0 Å². The predicted molar refractivity (Wildman–Crippen MR) is 124 cm³/mol. The smallest absolute Gasteiger partial charge is 0.235 e. The Hall–Kier alpha value is -2.25. The summed E-state index contributed by atoms with van der Waals surface area (Å²) < 4.78 is 1.95. The van der Waals surface area contributed by atoms with Crippen molar-refractivity contribution in [3.63, 3.8) is 0 Å². The first-order chi connectivity index (χ1) is 15.5. The fourth-order valence-electron chi connectivity index (χ4n) is 6.03. The Bertz CT molecular complexity index is 1010. The summed E-state index contributed by atoms with van der Waals surface area (Å²) in [7, 11) is 1.98. The molecule has 0 bridgehead atoms. The molecule has 2 amide bonds. The van der Waals surface area contributed by atoms with Gasteiger partial charge in [-0.1, -0.05) is 25.1 Å². The van der Waals surface area contributed by atoms with Crippen LogP contribution in [0.3, 0.4) is 0 Å². The highest BCUT2D eigenvalue weighted by Gasteiger charge is 2.33. The predicted octanol–water partition coefficient (Wildman–Crippen LogP) is 2.52. The molecule has 0 saturated carbocycles. The molecule has 0 spiro atoms. The van der Waals surface area contributed by atoms with Crippen LogP contribution in [0.4, 0.5) is 0 Å². The Balaban J connectivity index is 1.33. The van der Waals surface area contributed by atoms with E-state index in [0.29, 0.717) is 18.8 Å². The number of carbonyl (C=O) groups excluding carboxylic acids is 2. The largest absolute Gasteiger partial charge is 0.316 e. The van der Waals surface area contributed by atoms with Gasteiger partial charge in [-0.2, -0.15) is 5.10 Å². The zero-order chi connectivity index (χ0) is 22.2. The van der Waals surface area contributed by atoms with E-state index < -0.39 is 0 Å². The number of amides is 2. The molecular weight excluding hydrogens is 402 g/mol. The van der Waals surface area contributed by atoms with E-state index in [1.165, 1.54) is 18.5 Å². The van der Waals surface area contributed by atoms with Gasteiger partial charge in [-0.3, -0.25) is 19.6 Å². The molecule has 0 aliphatic carbocycles. The number of nitrogens with zero attached hydrogens (tertiary/aromatic N) is 3. The summed E-state index contributed by atoms with van der Waals surface area (Å²) in [6, 6.07) is 6.43. The minimum atomic E-state index is -0.347. The third-order valence-electron chi connectivity index (χ3n) is 7.98. The Kier molecular flexibility index (Phi) is 6.03. The number of piperidine rings is 3. The number of nitrogens with one attached hydrogen (secondary N) is 2. The van der Waals surface area contributed by atoms with Gasteiger partial charge in [-0.25, -0.2) is 0 Å². The van der Waals surface area contributed by atoms with Gasteiger partial charge in [0.25, 0.3) is 0 Å². The lowest BCUT2D eigenvalue weighted by Crippen LogP contribution is -2.43. The second kappa shape index (κ2) is 8.94. The van der Waals surface area contributed by atoms with E-state index in [-0.39, 0.29) is 17.7 Å². The summed E-state index contributed by atoms with van der Waals surface area (Å²) in [5.41, 5.74) is 3.32. The van der Waals surface area contributed by atoms with E-state index >= 15 is 0 Å². The van der Waals surface area contributed by atoms with Gasteiger partial charge in [0.15, 0.2) is 0 Å². The summed E-state index contributed by atoms with van der Waals surface area (Å²) >= 11 is 0. The number of imide groups is 1. The molecule has 1 unspecified atom stereocenters. The lowest BCUT2D eigenvalue weighted by molar-refractivity contribution is -0.134. The van der Waals surface area contributed by atoms with Gasteiger partial charge in [0, 0.05) is 25.4 Å². The quantitative estimate of drug-likeness (QED) is 0.719. The van der Waals surface area contributed by atoms with Gasteiger partial charge >= 0.3 is 0 Å². The van der Waals surface area contributed by atoms with Crippen molar-refractivity contribution in [3.05, 3.63) is 29.5 Å². The first-order valence-electron chi connectivity index (χ1n) is 12.2. The number of aromatic nitrogens is 2. The van der Waals surface area contributed by atoms with Crippen molar-refractivity contribution in [3.8, 4) is 0 Å². The van der Waals surface area contributed by atoms with E-state index in [0.717, 1.165) is 67.5 Å². The van der Waals surface area contributed by atoms with Crippen LogP contribution >= 0.6 is 0 Å². The first kappa shape index (κ1) is 21.6. The number of fused-ring (bicyclic) bond motifs is 1. The maximum Gasteiger partial charge on any atom is 0.235 e. The molecule has 5 rings (SSSR count). The number of para-hydroxylation sites is 1. The monoisotopic (exact) mass is 437 g/mol. The molecule has 0 radical (unpaired) electrons. The molecule has 3 aliphatic rings. The molecule has 7 heteroatoms. The van der Waals surface area contributed by atoms with Gasteiger partial charge in [-0.05, 0) is 75.2 Å². The van der Waals surface area contributed by atoms with Crippen LogP contribution in [0.25, 0.3) is 10.9 Å². The van der Waals surface area contributed by atoms with Gasteiger partial charge in [0.05, 0.1) is 17.1 Å². The van der Waals surface area contributed by atoms with E-state index in [9.17, 15) is 9.59 Å². The minimum Gasteiger partial charge on any atom is -0.316 e. The number of likely N-dealkylation sites (tertiary alicyclic amines) is 1. The molecule has 2 aromatic rings. The van der Waals surface area contributed by atoms with Gasteiger partial charge < -0.3 is 10.2 Å². The lowest BCUT2D eigenvalue weighted by Gasteiger charge is -2.38. The van der Waals surface area contributed by atoms with Crippen LogP contribution in [0.1, 0.15) is 62.1 Å². The highest BCUT2D eigenvalue weighted by Crippen LogP contribution is 2.37. The van der Waals surface area contributed by atoms with Crippen LogP contribution < -0.4 is 10.6 Å². The molecule has 1 aromatic carbocycles. The second-order valence-corrected chi connectivity index (χ2v) is 10.1. The molecule has 3 fully saturated rings. The molecular formula is C25H35N5O2. The van der Waals surface area contributed by atoms with E-state index in [2.05, 4.69) is 40.7 Å². The minimum absolute atomic E-state index is 0.183. The van der Waals surface area contributed by atoms with Crippen molar-refractivity contribution < 1.29 is 9.59 Å². The van der Waals surface area contributed by atoms with Crippen molar-refractivity contribution in [2.45, 2.75) is 50.9 Å². The summed E-state index contributed by atoms with van der Waals surface area (Å²) in [5.74, 6) is 1.34. The standard InChI is InChI=1S/C25H35N5O2/c1-16-14-26-11-8-18(16)15-30-12-9-17(10-13-30)19-4-3-5-20-23(28-29(2)24(19)20)21-6-7-22(31)27-25(21)32/h3-5,16-18,21,26H,6-15H2,1-2H3,(H,27,31,32)/t16-,18-,21?/m0/s1. The van der Waals surface area contributed by atoms with Crippen LogP contribution in [0.5, 0.6) is 0 Å². The summed E-state index contributed by atoms with van der Waals surface area (Å²) in [4.78, 5) is 26.7. The maximum absolute atomic E-state index is 12.5. The molecule has 3 atom stereocenters. The fraction of sp³-hybridized carbons (Fsp3) is 0.640. The van der Waals surface area contributed by atoms with E-state index in [1.807, 2.05) is 11.7 Å². The van der Waals surface area contributed by atoms with Crippen molar-refractivity contribution in [2.24, 2.45) is 18.9 Å². The Morgan fingerprint density at radius 2 is 1.94 bits per heavy atom. The van der Waals surface area contributed by atoms with Crippen LogP contribution in [0.15, 0.2) is 18.2 Å². The zero-order valence-corrected chi connectivity index (χ0v) is 19.3. The van der Waals surface area contributed by atoms with Crippen molar-refractivity contribution >= 4 is 22.7 Å². The summed E-state index contributed by atoms with van der Waals surface area (Å²) in [5, 5.41) is 11.8.